The van der Waals surface area contributed by atoms with E-state index in [9.17, 15) is 4.79 Å². The van der Waals surface area contributed by atoms with Gasteiger partial charge in [0.15, 0.2) is 5.60 Å². The summed E-state index contributed by atoms with van der Waals surface area (Å²) in [6.45, 7) is 8.04. The van der Waals surface area contributed by atoms with E-state index in [1.807, 2.05) is 36.4 Å². The fraction of sp³-hybridized carbons (Fsp3) is 0.350. The minimum atomic E-state index is -0.631. The molecule has 2 heteroatoms. The molecule has 0 aromatic heterocycles. The molecule has 0 N–H and O–H groups in total. The van der Waals surface area contributed by atoms with Gasteiger partial charge in [-0.1, -0.05) is 81.4 Å². The van der Waals surface area contributed by atoms with Crippen molar-refractivity contribution in [3.63, 3.8) is 0 Å². The molecule has 3 rings (SSSR count). The number of esters is 1. The molecule has 1 fully saturated rings. The summed E-state index contributed by atoms with van der Waals surface area (Å²) < 4.78 is 5.98. The van der Waals surface area contributed by atoms with Gasteiger partial charge in [0, 0.05) is 17.8 Å². The fourth-order valence-electron chi connectivity index (χ4n) is 4.21. The van der Waals surface area contributed by atoms with E-state index in [4.69, 9.17) is 4.74 Å². The second-order valence-corrected chi connectivity index (χ2v) is 6.76. The molecule has 0 saturated heterocycles. The molecule has 2 nitrogen and oxygen atoms in total. The average molecular weight is 294 g/mol. The zero-order valence-electron chi connectivity index (χ0n) is 13.6. The third-order valence-corrected chi connectivity index (χ3v) is 5.60. The van der Waals surface area contributed by atoms with Gasteiger partial charge >= 0.3 is 5.97 Å². The molecule has 1 saturated carbocycles. The number of hydrogen-bond acceptors (Lipinski definition) is 2. The van der Waals surface area contributed by atoms with E-state index in [0.717, 1.165) is 5.56 Å². The van der Waals surface area contributed by atoms with Crippen molar-refractivity contribution in [3.05, 3.63) is 71.8 Å². The van der Waals surface area contributed by atoms with Gasteiger partial charge in [-0.25, -0.2) is 0 Å². The summed E-state index contributed by atoms with van der Waals surface area (Å²) >= 11 is 0. The Hall–Kier alpha value is -2.09. The van der Waals surface area contributed by atoms with Crippen molar-refractivity contribution in [3.8, 4) is 0 Å². The summed E-state index contributed by atoms with van der Waals surface area (Å²) in [6, 6.07) is 20.4. The Balaban J connectivity index is 2.21. The second kappa shape index (κ2) is 4.70. The van der Waals surface area contributed by atoms with Crippen LogP contribution in [0.5, 0.6) is 0 Å². The lowest BCUT2D eigenvalue weighted by Gasteiger charge is -2.24. The molecule has 22 heavy (non-hydrogen) atoms. The molecule has 114 valence electrons. The lowest BCUT2D eigenvalue weighted by molar-refractivity contribution is -0.152. The van der Waals surface area contributed by atoms with Crippen molar-refractivity contribution >= 4 is 5.97 Å². The third kappa shape index (κ3) is 1.64. The lowest BCUT2D eigenvalue weighted by atomic mass is 9.88. The Kier molecular flexibility index (Phi) is 3.17. The predicted molar refractivity (Wildman–Crippen MR) is 87.5 cm³/mol. The smallest absolute Gasteiger partial charge is 0.303 e. The van der Waals surface area contributed by atoms with Gasteiger partial charge in [-0.15, -0.1) is 0 Å². The summed E-state index contributed by atoms with van der Waals surface area (Å²) in [6.07, 6.45) is 0. The van der Waals surface area contributed by atoms with Crippen molar-refractivity contribution in [2.75, 3.05) is 0 Å². The van der Waals surface area contributed by atoms with Gasteiger partial charge in [-0.2, -0.15) is 0 Å². The van der Waals surface area contributed by atoms with Gasteiger partial charge in [0.2, 0.25) is 0 Å². The van der Waals surface area contributed by atoms with E-state index in [1.165, 1.54) is 12.5 Å². The van der Waals surface area contributed by atoms with Crippen LogP contribution in [0.25, 0.3) is 0 Å². The Morgan fingerprint density at radius 3 is 1.73 bits per heavy atom. The Morgan fingerprint density at radius 1 is 0.818 bits per heavy atom. The molecule has 0 aliphatic heterocycles. The molecule has 2 aromatic carbocycles. The van der Waals surface area contributed by atoms with Gasteiger partial charge in [-0.05, 0) is 11.1 Å². The first-order valence-corrected chi connectivity index (χ1v) is 7.68. The van der Waals surface area contributed by atoms with E-state index in [0.29, 0.717) is 0 Å². The lowest BCUT2D eigenvalue weighted by Crippen LogP contribution is -2.26. The van der Waals surface area contributed by atoms with E-state index in [-0.39, 0.29) is 16.8 Å². The molecule has 1 aliphatic carbocycles. The maximum absolute atomic E-state index is 11.9. The van der Waals surface area contributed by atoms with Gasteiger partial charge < -0.3 is 4.74 Å². The average Bonchev–Trinajstić information content (AvgIpc) is 2.91. The summed E-state index contributed by atoms with van der Waals surface area (Å²) in [7, 11) is 0. The van der Waals surface area contributed by atoms with Crippen LogP contribution in [0.4, 0.5) is 0 Å². The topological polar surface area (TPSA) is 26.3 Å². The van der Waals surface area contributed by atoms with Gasteiger partial charge in [0.1, 0.15) is 0 Å². The first kappa shape index (κ1) is 14.8. The van der Waals surface area contributed by atoms with Gasteiger partial charge in [0.25, 0.3) is 0 Å². The molecule has 0 spiro atoms. The monoisotopic (exact) mass is 294 g/mol. The zero-order valence-corrected chi connectivity index (χ0v) is 13.6. The highest BCUT2D eigenvalue weighted by molar-refractivity contribution is 5.69. The number of hydrogen-bond donors (Lipinski definition) is 0. The summed E-state index contributed by atoms with van der Waals surface area (Å²) in [5, 5.41) is 0. The number of rotatable bonds is 3. The Labute approximate surface area is 132 Å². The molecular formula is C20H22O2. The van der Waals surface area contributed by atoms with Crippen LogP contribution in [0.3, 0.4) is 0 Å². The molecule has 0 heterocycles. The standard InChI is InChI=1S/C20H22O2/c1-15(21)22-20(17-13-9-6-10-14-17)18(2,3)19(20,4)16-11-7-5-8-12-16/h5-14H,1-4H3/t19-,20-/m1/s1. The highest BCUT2D eigenvalue weighted by atomic mass is 16.6. The first-order valence-electron chi connectivity index (χ1n) is 7.68. The van der Waals surface area contributed by atoms with Crippen LogP contribution in [-0.4, -0.2) is 5.97 Å². The number of carbonyl (C=O) groups excluding carboxylic acids is 1. The van der Waals surface area contributed by atoms with Crippen molar-refractivity contribution in [2.24, 2.45) is 5.41 Å². The van der Waals surface area contributed by atoms with Crippen molar-refractivity contribution < 1.29 is 9.53 Å². The van der Waals surface area contributed by atoms with E-state index < -0.39 is 5.60 Å². The molecule has 0 amide bonds. The number of benzene rings is 2. The maximum atomic E-state index is 11.9. The molecule has 2 atom stereocenters. The predicted octanol–water partition coefficient (Wildman–Crippen LogP) is 4.44. The zero-order chi connectivity index (χ0) is 16.0. The fourth-order valence-corrected chi connectivity index (χ4v) is 4.21. The van der Waals surface area contributed by atoms with Crippen LogP contribution in [0.15, 0.2) is 60.7 Å². The number of carbonyl (C=O) groups is 1. The van der Waals surface area contributed by atoms with E-state index >= 15 is 0 Å². The van der Waals surface area contributed by atoms with Crippen LogP contribution >= 0.6 is 0 Å². The van der Waals surface area contributed by atoms with Gasteiger partial charge in [0.05, 0.1) is 0 Å². The molecular weight excluding hydrogens is 272 g/mol. The summed E-state index contributed by atoms with van der Waals surface area (Å²) in [5.74, 6) is -0.239. The summed E-state index contributed by atoms with van der Waals surface area (Å²) in [4.78, 5) is 11.9. The normalized spacial score (nSPS) is 28.9. The minimum absolute atomic E-state index is 0.186. The van der Waals surface area contributed by atoms with E-state index in [1.54, 1.807) is 0 Å². The van der Waals surface area contributed by atoms with Crippen LogP contribution < -0.4 is 0 Å². The summed E-state index contributed by atoms with van der Waals surface area (Å²) in [5.41, 5.74) is 1.18. The van der Waals surface area contributed by atoms with Crippen molar-refractivity contribution in [1.82, 2.24) is 0 Å². The Bertz CT molecular complexity index is 690. The first-order chi connectivity index (χ1) is 10.4. The van der Waals surface area contributed by atoms with Crippen LogP contribution in [0, 0.1) is 5.41 Å². The number of ether oxygens (including phenoxy) is 1. The second-order valence-electron chi connectivity index (χ2n) is 6.76. The highest BCUT2D eigenvalue weighted by Gasteiger charge is 2.84. The minimum Gasteiger partial charge on any atom is -0.453 e. The largest absolute Gasteiger partial charge is 0.453 e. The van der Waals surface area contributed by atoms with Crippen molar-refractivity contribution in [2.45, 2.75) is 38.7 Å². The Morgan fingerprint density at radius 2 is 1.27 bits per heavy atom. The van der Waals surface area contributed by atoms with Crippen LogP contribution in [-0.2, 0) is 20.5 Å². The maximum Gasteiger partial charge on any atom is 0.303 e. The van der Waals surface area contributed by atoms with Crippen LogP contribution in [0.1, 0.15) is 38.8 Å². The highest BCUT2D eigenvalue weighted by Crippen LogP contribution is 2.78. The molecule has 0 radical (unpaired) electrons. The quantitative estimate of drug-likeness (QED) is 0.782. The van der Waals surface area contributed by atoms with E-state index in [2.05, 4.69) is 45.0 Å². The van der Waals surface area contributed by atoms with Crippen LogP contribution in [0.2, 0.25) is 0 Å². The van der Waals surface area contributed by atoms with Gasteiger partial charge in [-0.3, -0.25) is 4.79 Å². The SMILES string of the molecule is CC(=O)O[C@]1(c2ccccc2)C(C)(C)[C@@]1(C)c1ccccc1. The molecule has 0 bridgehead atoms. The molecule has 1 aliphatic rings. The molecule has 0 unspecified atom stereocenters. The molecule has 2 aromatic rings. The third-order valence-electron chi connectivity index (χ3n) is 5.60. The van der Waals surface area contributed by atoms with Crippen molar-refractivity contribution in [1.29, 1.82) is 0 Å².